The van der Waals surface area contributed by atoms with Crippen molar-refractivity contribution in [2.45, 2.75) is 26.5 Å². The Hall–Kier alpha value is -2.85. The highest BCUT2D eigenvalue weighted by atomic mass is 16.5. The minimum absolute atomic E-state index is 0.244. The van der Waals surface area contributed by atoms with Crippen LogP contribution >= 0.6 is 0 Å². The highest BCUT2D eigenvalue weighted by Crippen LogP contribution is 2.19. The Morgan fingerprint density at radius 1 is 1.00 bits per heavy atom. The summed E-state index contributed by atoms with van der Waals surface area (Å²) in [6.45, 7) is 5.56. The zero-order chi connectivity index (χ0) is 19.1. The molecular formula is C23H26N2O2. The summed E-state index contributed by atoms with van der Waals surface area (Å²) < 4.78 is 5.74. The number of hydrogen-bond acceptors (Lipinski definition) is 4. The number of rotatable bonds is 8. The van der Waals surface area contributed by atoms with Crippen molar-refractivity contribution in [2.24, 2.45) is 0 Å². The lowest BCUT2D eigenvalue weighted by molar-refractivity contribution is 0.112. The lowest BCUT2D eigenvalue weighted by Crippen LogP contribution is -2.35. The third-order valence-corrected chi connectivity index (χ3v) is 4.53. The topological polar surface area (TPSA) is 45.6 Å². The Morgan fingerprint density at radius 3 is 2.48 bits per heavy atom. The molecular weight excluding hydrogens is 336 g/mol. The van der Waals surface area contributed by atoms with Gasteiger partial charge in [0.15, 0.2) is 0 Å². The maximum absolute atomic E-state index is 10.6. The van der Waals surface area contributed by atoms with Crippen molar-refractivity contribution in [3.05, 3.63) is 89.7 Å². The summed E-state index contributed by atoms with van der Waals surface area (Å²) in [5.41, 5.74) is 4.63. The second-order valence-electron chi connectivity index (χ2n) is 6.80. The van der Waals surface area contributed by atoms with E-state index in [9.17, 15) is 5.11 Å². The summed E-state index contributed by atoms with van der Waals surface area (Å²) in [5, 5.41) is 10.6. The molecule has 0 fully saturated rings. The first kappa shape index (κ1) is 18.9. The van der Waals surface area contributed by atoms with E-state index >= 15 is 0 Å². The van der Waals surface area contributed by atoms with Gasteiger partial charge in [-0.3, -0.25) is 4.98 Å². The third-order valence-electron chi connectivity index (χ3n) is 4.53. The molecule has 2 aromatic carbocycles. The van der Waals surface area contributed by atoms with Crippen LogP contribution in [0.15, 0.2) is 73.1 Å². The SMILES string of the molecule is Cc1ccc(OCC(O)CN(Cc2ccccc2C)c2cccnc2)cc1. The number of hydrogen-bond donors (Lipinski definition) is 1. The van der Waals surface area contributed by atoms with Gasteiger partial charge in [0.2, 0.25) is 0 Å². The minimum atomic E-state index is -0.615. The van der Waals surface area contributed by atoms with E-state index in [0.717, 1.165) is 11.4 Å². The second kappa shape index (κ2) is 9.19. The van der Waals surface area contributed by atoms with Gasteiger partial charge in [-0.15, -0.1) is 0 Å². The maximum atomic E-state index is 10.6. The molecule has 0 aliphatic heterocycles. The molecule has 0 saturated carbocycles. The van der Waals surface area contributed by atoms with Crippen LogP contribution in [0.1, 0.15) is 16.7 Å². The van der Waals surface area contributed by atoms with Crippen molar-refractivity contribution in [1.82, 2.24) is 4.98 Å². The summed E-state index contributed by atoms with van der Waals surface area (Å²) in [6.07, 6.45) is 2.97. The monoisotopic (exact) mass is 362 g/mol. The molecule has 27 heavy (non-hydrogen) atoms. The molecule has 0 amide bonds. The Balaban J connectivity index is 1.67. The van der Waals surface area contributed by atoms with E-state index in [1.54, 1.807) is 6.20 Å². The van der Waals surface area contributed by atoms with E-state index in [1.807, 2.05) is 61.7 Å². The standard InChI is InChI=1S/C23H26N2O2/c1-18-9-11-23(12-10-18)27-17-22(26)16-25(21-8-5-13-24-14-21)15-20-7-4-3-6-19(20)2/h3-14,22,26H,15-17H2,1-2H3. The fraction of sp³-hybridized carbons (Fsp3) is 0.261. The van der Waals surface area contributed by atoms with E-state index < -0.39 is 6.10 Å². The van der Waals surface area contributed by atoms with Crippen LogP contribution in [0, 0.1) is 13.8 Å². The lowest BCUT2D eigenvalue weighted by atomic mass is 10.1. The fourth-order valence-corrected chi connectivity index (χ4v) is 2.93. The normalized spacial score (nSPS) is 11.8. The van der Waals surface area contributed by atoms with Gasteiger partial charge in [-0.1, -0.05) is 42.0 Å². The Morgan fingerprint density at radius 2 is 1.78 bits per heavy atom. The van der Waals surface area contributed by atoms with Gasteiger partial charge < -0.3 is 14.7 Å². The molecule has 0 aliphatic carbocycles. The Labute approximate surface area is 161 Å². The van der Waals surface area contributed by atoms with E-state index in [0.29, 0.717) is 13.1 Å². The molecule has 0 radical (unpaired) electrons. The molecule has 1 atom stereocenters. The summed E-state index contributed by atoms with van der Waals surface area (Å²) >= 11 is 0. The van der Waals surface area contributed by atoms with Crippen molar-refractivity contribution in [2.75, 3.05) is 18.1 Å². The van der Waals surface area contributed by atoms with Gasteiger partial charge in [0.1, 0.15) is 18.5 Å². The number of nitrogens with zero attached hydrogens (tertiary/aromatic N) is 2. The molecule has 0 aliphatic rings. The molecule has 3 rings (SSSR count). The van der Waals surface area contributed by atoms with E-state index in [-0.39, 0.29) is 6.61 Å². The molecule has 0 saturated heterocycles. The van der Waals surface area contributed by atoms with Gasteiger partial charge in [0, 0.05) is 19.3 Å². The van der Waals surface area contributed by atoms with Crippen LogP contribution in [0.4, 0.5) is 5.69 Å². The molecule has 1 N–H and O–H groups in total. The zero-order valence-corrected chi connectivity index (χ0v) is 15.9. The van der Waals surface area contributed by atoms with Crippen molar-refractivity contribution < 1.29 is 9.84 Å². The average Bonchev–Trinajstić information content (AvgIpc) is 2.69. The predicted octanol–water partition coefficient (Wildman–Crippen LogP) is 4.14. The first-order chi connectivity index (χ1) is 13.1. The van der Waals surface area contributed by atoms with Gasteiger partial charge in [-0.25, -0.2) is 0 Å². The second-order valence-corrected chi connectivity index (χ2v) is 6.80. The molecule has 4 nitrogen and oxygen atoms in total. The van der Waals surface area contributed by atoms with E-state index in [2.05, 4.69) is 28.9 Å². The van der Waals surface area contributed by atoms with E-state index in [1.165, 1.54) is 16.7 Å². The third kappa shape index (κ3) is 5.56. The van der Waals surface area contributed by atoms with Gasteiger partial charge in [0.05, 0.1) is 11.9 Å². The van der Waals surface area contributed by atoms with Crippen molar-refractivity contribution in [1.29, 1.82) is 0 Å². The molecule has 3 aromatic rings. The molecule has 1 aromatic heterocycles. The van der Waals surface area contributed by atoms with Crippen LogP contribution in [-0.4, -0.2) is 29.3 Å². The highest BCUT2D eigenvalue weighted by Gasteiger charge is 2.15. The quantitative estimate of drug-likeness (QED) is 0.654. The molecule has 1 unspecified atom stereocenters. The summed E-state index contributed by atoms with van der Waals surface area (Å²) in [4.78, 5) is 6.36. The summed E-state index contributed by atoms with van der Waals surface area (Å²) in [5.74, 6) is 0.770. The predicted molar refractivity (Wildman–Crippen MR) is 109 cm³/mol. The van der Waals surface area contributed by atoms with Crippen LogP contribution in [0.3, 0.4) is 0 Å². The number of benzene rings is 2. The van der Waals surface area contributed by atoms with E-state index in [4.69, 9.17) is 4.74 Å². The number of ether oxygens (including phenoxy) is 1. The van der Waals surface area contributed by atoms with Crippen LogP contribution in [0.2, 0.25) is 0 Å². The van der Waals surface area contributed by atoms with Crippen LogP contribution in [0.5, 0.6) is 5.75 Å². The number of aryl methyl sites for hydroxylation is 2. The van der Waals surface area contributed by atoms with Gasteiger partial charge >= 0.3 is 0 Å². The largest absolute Gasteiger partial charge is 0.491 e. The number of pyridine rings is 1. The van der Waals surface area contributed by atoms with Gasteiger partial charge in [0.25, 0.3) is 0 Å². The van der Waals surface area contributed by atoms with Crippen molar-refractivity contribution in [3.63, 3.8) is 0 Å². The maximum Gasteiger partial charge on any atom is 0.119 e. The lowest BCUT2D eigenvalue weighted by Gasteiger charge is -2.28. The first-order valence-corrected chi connectivity index (χ1v) is 9.19. The Bertz CT molecular complexity index is 835. The highest BCUT2D eigenvalue weighted by molar-refractivity contribution is 5.45. The molecule has 140 valence electrons. The van der Waals surface area contributed by atoms with Gasteiger partial charge in [-0.2, -0.15) is 0 Å². The molecule has 0 bridgehead atoms. The molecule has 0 spiro atoms. The number of aromatic nitrogens is 1. The summed E-state index contributed by atoms with van der Waals surface area (Å²) in [7, 11) is 0. The first-order valence-electron chi connectivity index (χ1n) is 9.19. The van der Waals surface area contributed by atoms with Crippen molar-refractivity contribution in [3.8, 4) is 5.75 Å². The average molecular weight is 362 g/mol. The number of aliphatic hydroxyl groups is 1. The smallest absolute Gasteiger partial charge is 0.119 e. The Kier molecular flexibility index (Phi) is 6.44. The number of aliphatic hydroxyl groups excluding tert-OH is 1. The number of anilines is 1. The minimum Gasteiger partial charge on any atom is -0.491 e. The molecule has 1 heterocycles. The molecule has 4 heteroatoms. The zero-order valence-electron chi connectivity index (χ0n) is 15.9. The van der Waals surface area contributed by atoms with Gasteiger partial charge in [-0.05, 0) is 49.2 Å². The fourth-order valence-electron chi connectivity index (χ4n) is 2.93. The van der Waals surface area contributed by atoms with Crippen LogP contribution in [-0.2, 0) is 6.54 Å². The van der Waals surface area contributed by atoms with Crippen molar-refractivity contribution >= 4 is 5.69 Å². The van der Waals surface area contributed by atoms with Crippen LogP contribution < -0.4 is 9.64 Å². The summed E-state index contributed by atoms with van der Waals surface area (Å²) in [6, 6.07) is 20.1. The van der Waals surface area contributed by atoms with Crippen LogP contribution in [0.25, 0.3) is 0 Å².